The predicted molar refractivity (Wildman–Crippen MR) is 108 cm³/mol. The van der Waals surface area contributed by atoms with Crippen LogP contribution in [0.4, 0.5) is 61.9 Å². The molecule has 0 aliphatic carbocycles. The van der Waals surface area contributed by atoms with Crippen LogP contribution in [-0.4, -0.2) is 67.4 Å². The fraction of sp³-hybridized carbons (Fsp3) is 0.900. The second-order valence-corrected chi connectivity index (χ2v) is 8.30. The molecule has 0 saturated heterocycles. The number of unbranched alkanes of at least 4 members (excludes halogenated alkanes) is 5. The van der Waals surface area contributed by atoms with E-state index in [4.69, 9.17) is 0 Å². The maximum Gasteiger partial charge on any atom is 0.460 e. The summed E-state index contributed by atoms with van der Waals surface area (Å²) in [5.41, 5.74) is 0. The molecule has 18 heteroatoms. The van der Waals surface area contributed by atoms with E-state index in [0.717, 1.165) is 32.1 Å². The summed E-state index contributed by atoms with van der Waals surface area (Å²) in [5, 5.41) is 5.89. The third kappa shape index (κ3) is 8.68. The number of nitrogens with one attached hydrogen (secondary N) is 3. The van der Waals surface area contributed by atoms with Gasteiger partial charge in [0.05, 0.1) is 0 Å². The molecule has 0 saturated carbocycles. The topological polar surface area (TPSA) is 70.2 Å². The molecule has 0 bridgehead atoms. The van der Waals surface area contributed by atoms with Crippen molar-refractivity contribution in [3.8, 4) is 0 Å². The van der Waals surface area contributed by atoms with E-state index in [-0.39, 0.29) is 6.42 Å². The molecule has 0 aromatic rings. The lowest BCUT2D eigenvalue weighted by Gasteiger charge is -2.39. The van der Waals surface area contributed by atoms with Gasteiger partial charge in [-0.1, -0.05) is 39.0 Å². The van der Waals surface area contributed by atoms with E-state index >= 15 is 0 Å². The molecule has 0 aliphatic heterocycles. The van der Waals surface area contributed by atoms with Crippen LogP contribution in [0.3, 0.4) is 0 Å². The molecular formula is C20H28F13N3O2. The van der Waals surface area contributed by atoms with Gasteiger partial charge in [-0.15, -0.1) is 0 Å². The van der Waals surface area contributed by atoms with Gasteiger partial charge in [-0.2, -0.15) is 57.1 Å². The molecule has 0 aromatic carbocycles. The largest absolute Gasteiger partial charge is 0.460 e. The molecule has 0 fully saturated rings. The monoisotopic (exact) mass is 589 g/mol. The third-order valence-corrected chi connectivity index (χ3v) is 5.21. The van der Waals surface area contributed by atoms with Crippen LogP contribution in [-0.2, 0) is 4.79 Å². The zero-order valence-corrected chi connectivity index (χ0v) is 20.0. The Balaban J connectivity index is 4.74. The summed E-state index contributed by atoms with van der Waals surface area (Å²) >= 11 is 0. The van der Waals surface area contributed by atoms with Crippen LogP contribution in [0.25, 0.3) is 0 Å². The van der Waals surface area contributed by atoms with Crippen LogP contribution in [0.5, 0.6) is 0 Å². The number of rotatable bonds is 17. The molecule has 0 heterocycles. The molecule has 0 aliphatic rings. The number of amides is 3. The van der Waals surface area contributed by atoms with Crippen molar-refractivity contribution in [1.82, 2.24) is 16.0 Å². The molecular weight excluding hydrogens is 561 g/mol. The van der Waals surface area contributed by atoms with Crippen molar-refractivity contribution in [2.75, 3.05) is 19.6 Å². The molecule has 3 N–H and O–H groups in total. The summed E-state index contributed by atoms with van der Waals surface area (Å²) in [5.74, 6) is -37.8. The van der Waals surface area contributed by atoms with Crippen LogP contribution >= 0.6 is 0 Å². The molecule has 38 heavy (non-hydrogen) atoms. The summed E-state index contributed by atoms with van der Waals surface area (Å²) in [6.45, 7) is 0.387. The summed E-state index contributed by atoms with van der Waals surface area (Å²) in [7, 11) is 0. The van der Waals surface area contributed by atoms with Crippen LogP contribution in [0.2, 0.25) is 0 Å². The van der Waals surface area contributed by atoms with Crippen molar-refractivity contribution in [2.45, 2.75) is 94.1 Å². The molecule has 226 valence electrons. The lowest BCUT2D eigenvalue weighted by molar-refractivity contribution is -0.440. The SMILES string of the molecule is CCCCCCCCNC(=O)CCNC(=O)NCCC(F)(F)C(F)(F)C(F)(F)C(F)(F)C(F)(F)C(F)(F)F. The molecule has 0 radical (unpaired) electrons. The van der Waals surface area contributed by atoms with Gasteiger partial charge in [0.1, 0.15) is 0 Å². The van der Waals surface area contributed by atoms with E-state index < -0.39 is 67.2 Å². The first kappa shape index (κ1) is 35.8. The number of halogens is 13. The maximum atomic E-state index is 13.6. The average molecular weight is 589 g/mol. The van der Waals surface area contributed by atoms with E-state index in [1.165, 1.54) is 5.32 Å². The Hall–Kier alpha value is -2.17. The van der Waals surface area contributed by atoms with E-state index in [9.17, 15) is 66.7 Å². The zero-order valence-electron chi connectivity index (χ0n) is 20.0. The van der Waals surface area contributed by atoms with E-state index in [2.05, 4.69) is 5.32 Å². The van der Waals surface area contributed by atoms with Gasteiger partial charge >= 0.3 is 41.8 Å². The number of hydrogen-bond donors (Lipinski definition) is 3. The number of carbonyl (C=O) groups excluding carboxylic acids is 2. The van der Waals surface area contributed by atoms with Crippen molar-refractivity contribution in [3.63, 3.8) is 0 Å². The van der Waals surface area contributed by atoms with Crippen molar-refractivity contribution in [1.29, 1.82) is 0 Å². The Labute approximate surface area is 209 Å². The molecule has 0 unspecified atom stereocenters. The number of carbonyl (C=O) groups is 2. The molecule has 0 rings (SSSR count). The highest BCUT2D eigenvalue weighted by molar-refractivity contribution is 5.78. The van der Waals surface area contributed by atoms with Crippen LogP contribution in [0.1, 0.15) is 58.3 Å². The Morgan fingerprint density at radius 3 is 1.55 bits per heavy atom. The summed E-state index contributed by atoms with van der Waals surface area (Å²) in [4.78, 5) is 23.1. The standard InChI is InChI=1S/C20H28F13N3O2/c1-2-3-4-5-6-7-10-34-13(37)8-11-35-14(38)36-12-9-15(21,22)16(23,24)17(25,26)18(27,28)19(29,30)20(31,32)33/h2-12H2,1H3,(H,34,37)(H2,35,36,38). The van der Waals surface area contributed by atoms with Crippen LogP contribution < -0.4 is 16.0 Å². The first-order chi connectivity index (χ1) is 17.1. The van der Waals surface area contributed by atoms with Gasteiger partial charge in [-0.25, -0.2) is 4.79 Å². The summed E-state index contributed by atoms with van der Waals surface area (Å²) < 4.78 is 169. The smallest absolute Gasteiger partial charge is 0.356 e. The second-order valence-electron chi connectivity index (χ2n) is 8.30. The summed E-state index contributed by atoms with van der Waals surface area (Å²) in [6, 6.07) is -1.38. The van der Waals surface area contributed by atoms with E-state index in [0.29, 0.717) is 13.0 Å². The number of hydrogen-bond acceptors (Lipinski definition) is 2. The predicted octanol–water partition coefficient (Wildman–Crippen LogP) is 6.28. The third-order valence-electron chi connectivity index (χ3n) is 5.21. The van der Waals surface area contributed by atoms with E-state index in [1.807, 2.05) is 12.2 Å². The minimum absolute atomic E-state index is 0.299. The van der Waals surface area contributed by atoms with Gasteiger partial charge in [-0.3, -0.25) is 4.79 Å². The highest BCUT2D eigenvalue weighted by Crippen LogP contribution is 2.60. The molecule has 5 nitrogen and oxygen atoms in total. The Morgan fingerprint density at radius 1 is 0.553 bits per heavy atom. The van der Waals surface area contributed by atoms with Gasteiger partial charge < -0.3 is 16.0 Å². The molecule has 0 aromatic heterocycles. The van der Waals surface area contributed by atoms with Gasteiger partial charge in [0.2, 0.25) is 5.91 Å². The van der Waals surface area contributed by atoms with Gasteiger partial charge in [0.25, 0.3) is 0 Å². The lowest BCUT2D eigenvalue weighted by Crippen LogP contribution is -2.70. The Kier molecular flexibility index (Phi) is 13.0. The minimum Gasteiger partial charge on any atom is -0.356 e. The van der Waals surface area contributed by atoms with E-state index in [1.54, 1.807) is 0 Å². The maximum absolute atomic E-state index is 13.6. The quantitative estimate of drug-likeness (QED) is 0.138. The van der Waals surface area contributed by atoms with Gasteiger partial charge in [0.15, 0.2) is 0 Å². The molecule has 0 spiro atoms. The average Bonchev–Trinajstić information content (AvgIpc) is 2.77. The van der Waals surface area contributed by atoms with Gasteiger partial charge in [-0.05, 0) is 6.42 Å². The number of alkyl halides is 13. The Bertz CT molecular complexity index is 759. The fourth-order valence-electron chi connectivity index (χ4n) is 2.87. The lowest BCUT2D eigenvalue weighted by atomic mass is 9.92. The number of urea groups is 1. The molecule has 0 atom stereocenters. The van der Waals surface area contributed by atoms with Crippen molar-refractivity contribution >= 4 is 11.9 Å². The molecule has 3 amide bonds. The van der Waals surface area contributed by atoms with Crippen molar-refractivity contribution in [2.24, 2.45) is 0 Å². The second kappa shape index (κ2) is 13.8. The summed E-state index contributed by atoms with van der Waals surface area (Å²) in [6.07, 6.45) is -4.57. The normalized spacial score (nSPS) is 13.8. The Morgan fingerprint density at radius 2 is 1.03 bits per heavy atom. The highest BCUT2D eigenvalue weighted by Gasteiger charge is 2.90. The first-order valence-electron chi connectivity index (χ1n) is 11.3. The fourth-order valence-corrected chi connectivity index (χ4v) is 2.87. The minimum atomic E-state index is -7.97. The van der Waals surface area contributed by atoms with Gasteiger partial charge in [0, 0.05) is 32.5 Å². The van der Waals surface area contributed by atoms with Crippen molar-refractivity contribution in [3.05, 3.63) is 0 Å². The van der Waals surface area contributed by atoms with Crippen LogP contribution in [0, 0.1) is 0 Å². The first-order valence-corrected chi connectivity index (χ1v) is 11.3. The van der Waals surface area contributed by atoms with Crippen LogP contribution in [0.15, 0.2) is 0 Å². The zero-order chi connectivity index (χ0) is 30.1. The highest BCUT2D eigenvalue weighted by atomic mass is 19.4. The van der Waals surface area contributed by atoms with Crippen molar-refractivity contribution < 1.29 is 66.7 Å².